The molecule has 0 bridgehead atoms. The summed E-state index contributed by atoms with van der Waals surface area (Å²) in [4.78, 5) is 19.1. The quantitative estimate of drug-likeness (QED) is 0.798. The Hall–Kier alpha value is -2.35. The molecule has 26 heavy (non-hydrogen) atoms. The lowest BCUT2D eigenvalue weighted by atomic mass is 10.2. The Morgan fingerprint density at radius 1 is 1.23 bits per heavy atom. The third-order valence-corrected chi connectivity index (χ3v) is 3.84. The van der Waals surface area contributed by atoms with Crippen molar-refractivity contribution in [1.82, 2.24) is 4.98 Å². The highest BCUT2D eigenvalue weighted by Gasteiger charge is 2.19. The molecule has 0 saturated carbocycles. The van der Waals surface area contributed by atoms with Gasteiger partial charge in [-0.1, -0.05) is 0 Å². The number of halogens is 1. The Balaban J connectivity index is 0.00000243. The van der Waals surface area contributed by atoms with Crippen molar-refractivity contribution < 1.29 is 14.3 Å². The molecule has 2 heterocycles. The minimum atomic E-state index is -0.190. The van der Waals surface area contributed by atoms with Crippen LogP contribution in [0.3, 0.4) is 0 Å². The number of carbonyl (C=O) groups is 1. The second-order valence-electron chi connectivity index (χ2n) is 5.59. The summed E-state index contributed by atoms with van der Waals surface area (Å²) in [5, 5.41) is 2.90. The molecule has 2 aromatic rings. The van der Waals surface area contributed by atoms with Gasteiger partial charge >= 0.3 is 0 Å². The van der Waals surface area contributed by atoms with Crippen LogP contribution in [0.4, 0.5) is 11.5 Å². The highest BCUT2D eigenvalue weighted by Crippen LogP contribution is 2.21. The molecular formula is C18H23ClN4O3. The number of benzene rings is 1. The smallest absolute Gasteiger partial charge is 0.259 e. The maximum atomic E-state index is 12.7. The summed E-state index contributed by atoms with van der Waals surface area (Å²) < 4.78 is 10.8. The zero-order chi connectivity index (χ0) is 17.5. The molecule has 1 fully saturated rings. The molecule has 1 aromatic carbocycles. The second-order valence-corrected chi connectivity index (χ2v) is 5.59. The molecule has 1 aliphatic heterocycles. The van der Waals surface area contributed by atoms with Crippen molar-refractivity contribution in [1.29, 1.82) is 0 Å². The fourth-order valence-corrected chi connectivity index (χ4v) is 2.61. The van der Waals surface area contributed by atoms with E-state index in [-0.39, 0.29) is 18.3 Å². The number of rotatable bonds is 6. The average molecular weight is 379 g/mol. The molecule has 7 nitrogen and oxygen atoms in total. The largest absolute Gasteiger partial charge is 0.492 e. The number of hydrogen-bond acceptors (Lipinski definition) is 6. The van der Waals surface area contributed by atoms with Crippen LogP contribution in [0.1, 0.15) is 10.4 Å². The van der Waals surface area contributed by atoms with Gasteiger partial charge in [0.05, 0.1) is 18.8 Å². The van der Waals surface area contributed by atoms with E-state index in [0.29, 0.717) is 43.4 Å². The number of nitrogens with zero attached hydrogens (tertiary/aromatic N) is 2. The third kappa shape index (κ3) is 5.08. The van der Waals surface area contributed by atoms with Gasteiger partial charge in [-0.25, -0.2) is 4.98 Å². The number of ether oxygens (including phenoxy) is 2. The molecule has 0 spiro atoms. The molecule has 1 aliphatic rings. The maximum absolute atomic E-state index is 12.7. The molecule has 0 unspecified atom stereocenters. The summed E-state index contributed by atoms with van der Waals surface area (Å²) in [6.45, 7) is 3.66. The van der Waals surface area contributed by atoms with Crippen molar-refractivity contribution in [2.75, 3.05) is 49.7 Å². The van der Waals surface area contributed by atoms with E-state index in [9.17, 15) is 4.79 Å². The minimum absolute atomic E-state index is 0. The second kappa shape index (κ2) is 9.96. The number of nitrogens with one attached hydrogen (secondary N) is 1. The van der Waals surface area contributed by atoms with Crippen LogP contribution >= 0.6 is 12.4 Å². The van der Waals surface area contributed by atoms with Crippen molar-refractivity contribution in [3.8, 4) is 5.75 Å². The molecule has 0 atom stereocenters. The van der Waals surface area contributed by atoms with Gasteiger partial charge in [0, 0.05) is 31.5 Å². The number of aromatic nitrogens is 1. The van der Waals surface area contributed by atoms with E-state index >= 15 is 0 Å². The lowest BCUT2D eigenvalue weighted by Crippen LogP contribution is -2.38. The van der Waals surface area contributed by atoms with E-state index in [0.717, 1.165) is 18.8 Å². The Bertz CT molecular complexity index is 706. The molecule has 140 valence electrons. The Morgan fingerprint density at radius 2 is 1.96 bits per heavy atom. The number of hydrogen-bond donors (Lipinski definition) is 2. The fourth-order valence-electron chi connectivity index (χ4n) is 2.61. The van der Waals surface area contributed by atoms with Gasteiger partial charge in [0.2, 0.25) is 0 Å². The lowest BCUT2D eigenvalue weighted by molar-refractivity contribution is 0.102. The predicted molar refractivity (Wildman–Crippen MR) is 103 cm³/mol. The van der Waals surface area contributed by atoms with Gasteiger partial charge in [-0.15, -0.1) is 12.4 Å². The summed E-state index contributed by atoms with van der Waals surface area (Å²) in [6, 6.07) is 10.8. The Labute approximate surface area is 158 Å². The van der Waals surface area contributed by atoms with E-state index in [1.54, 1.807) is 42.6 Å². The van der Waals surface area contributed by atoms with Crippen LogP contribution in [0.5, 0.6) is 5.75 Å². The van der Waals surface area contributed by atoms with Gasteiger partial charge in [-0.05, 0) is 36.4 Å². The monoisotopic (exact) mass is 378 g/mol. The van der Waals surface area contributed by atoms with Crippen LogP contribution < -0.4 is 20.7 Å². The van der Waals surface area contributed by atoms with Crippen LogP contribution in [0.25, 0.3) is 0 Å². The summed E-state index contributed by atoms with van der Waals surface area (Å²) >= 11 is 0. The summed E-state index contributed by atoms with van der Waals surface area (Å²) in [5.74, 6) is 1.22. The number of anilines is 2. The molecule has 0 radical (unpaired) electrons. The SMILES string of the molecule is Cl.NCCOc1ccc(NC(=O)c2cccnc2N2CCOCC2)cc1. The zero-order valence-corrected chi connectivity index (χ0v) is 15.2. The van der Waals surface area contributed by atoms with Gasteiger partial charge < -0.3 is 25.4 Å². The van der Waals surface area contributed by atoms with Gasteiger partial charge in [0.15, 0.2) is 0 Å². The normalized spacial score (nSPS) is 13.7. The number of carbonyl (C=O) groups excluding carboxylic acids is 1. The number of morpholine rings is 1. The first-order chi connectivity index (χ1) is 12.3. The molecule has 8 heteroatoms. The van der Waals surface area contributed by atoms with Crippen LogP contribution in [-0.2, 0) is 4.74 Å². The summed E-state index contributed by atoms with van der Waals surface area (Å²) in [5.41, 5.74) is 6.66. The fraction of sp³-hybridized carbons (Fsp3) is 0.333. The Kier molecular flexibility index (Phi) is 7.65. The Morgan fingerprint density at radius 3 is 2.65 bits per heavy atom. The van der Waals surface area contributed by atoms with Crippen molar-refractivity contribution in [3.05, 3.63) is 48.2 Å². The first-order valence-corrected chi connectivity index (χ1v) is 8.30. The molecular weight excluding hydrogens is 356 g/mol. The summed E-state index contributed by atoms with van der Waals surface area (Å²) in [6.07, 6.45) is 1.70. The molecule has 0 aliphatic carbocycles. The number of amides is 1. The molecule has 1 amide bonds. The predicted octanol–water partition coefficient (Wildman–Crippen LogP) is 1.93. The molecule has 3 N–H and O–H groups in total. The molecule has 1 saturated heterocycles. The van der Waals surface area contributed by atoms with Gasteiger partial charge in [-0.3, -0.25) is 4.79 Å². The lowest BCUT2D eigenvalue weighted by Gasteiger charge is -2.29. The highest BCUT2D eigenvalue weighted by atomic mass is 35.5. The summed E-state index contributed by atoms with van der Waals surface area (Å²) in [7, 11) is 0. The zero-order valence-electron chi connectivity index (χ0n) is 14.4. The van der Waals surface area contributed by atoms with Crippen LogP contribution in [0, 0.1) is 0 Å². The van der Waals surface area contributed by atoms with Crippen molar-refractivity contribution in [3.63, 3.8) is 0 Å². The standard InChI is InChI=1S/C18H22N4O3.ClH/c19-7-11-25-15-5-3-14(4-6-15)21-18(23)16-2-1-8-20-17(16)22-9-12-24-13-10-22;/h1-6,8H,7,9-13,19H2,(H,21,23);1H. The van der Waals surface area contributed by atoms with E-state index in [2.05, 4.69) is 15.2 Å². The first-order valence-electron chi connectivity index (χ1n) is 8.30. The van der Waals surface area contributed by atoms with Crippen LogP contribution in [-0.4, -0.2) is 50.3 Å². The van der Waals surface area contributed by atoms with E-state index in [1.165, 1.54) is 0 Å². The molecule has 1 aromatic heterocycles. The van der Waals surface area contributed by atoms with E-state index in [1.807, 2.05) is 0 Å². The van der Waals surface area contributed by atoms with Gasteiger partial charge in [0.25, 0.3) is 5.91 Å². The van der Waals surface area contributed by atoms with Crippen molar-refractivity contribution >= 4 is 29.8 Å². The minimum Gasteiger partial charge on any atom is -0.492 e. The van der Waals surface area contributed by atoms with Gasteiger partial charge in [0.1, 0.15) is 18.2 Å². The van der Waals surface area contributed by atoms with E-state index in [4.69, 9.17) is 15.2 Å². The van der Waals surface area contributed by atoms with Crippen molar-refractivity contribution in [2.24, 2.45) is 5.73 Å². The van der Waals surface area contributed by atoms with E-state index < -0.39 is 0 Å². The van der Waals surface area contributed by atoms with Crippen LogP contribution in [0.15, 0.2) is 42.6 Å². The van der Waals surface area contributed by atoms with Gasteiger partial charge in [-0.2, -0.15) is 0 Å². The molecule has 3 rings (SSSR count). The number of pyridine rings is 1. The number of nitrogens with two attached hydrogens (primary N) is 1. The highest BCUT2D eigenvalue weighted by molar-refractivity contribution is 6.07. The topological polar surface area (TPSA) is 89.7 Å². The third-order valence-electron chi connectivity index (χ3n) is 3.84. The average Bonchev–Trinajstić information content (AvgIpc) is 2.68. The van der Waals surface area contributed by atoms with Crippen LogP contribution in [0.2, 0.25) is 0 Å². The van der Waals surface area contributed by atoms with Crippen molar-refractivity contribution in [2.45, 2.75) is 0 Å². The maximum Gasteiger partial charge on any atom is 0.259 e. The first kappa shape index (κ1) is 20.0.